The summed E-state index contributed by atoms with van der Waals surface area (Å²) < 4.78 is 3.54. The first-order chi connectivity index (χ1) is 5.83. The third-order valence-corrected chi connectivity index (χ3v) is 3.70. The third kappa shape index (κ3) is 1.13. The van der Waals surface area contributed by atoms with E-state index in [1.54, 1.807) is 0 Å². The summed E-state index contributed by atoms with van der Waals surface area (Å²) in [5.74, 6) is 0.815. The summed E-state index contributed by atoms with van der Waals surface area (Å²) in [5, 5.41) is 1.31. The van der Waals surface area contributed by atoms with Gasteiger partial charge >= 0.3 is 0 Å². The molecule has 0 amide bonds. The van der Waals surface area contributed by atoms with Crippen molar-refractivity contribution < 1.29 is 4.57 Å². The highest BCUT2D eigenvalue weighted by atomic mass is 32.1. The number of hydrogen-bond donors (Lipinski definition) is 1. The van der Waals surface area contributed by atoms with Crippen LogP contribution < -0.4 is 4.57 Å². The first kappa shape index (κ1) is 8.08. The van der Waals surface area contributed by atoms with E-state index in [0.29, 0.717) is 0 Å². The number of rotatable bonds is 1. The van der Waals surface area contributed by atoms with E-state index >= 15 is 0 Å². The molecule has 0 N–H and O–H groups in total. The van der Waals surface area contributed by atoms with E-state index < -0.39 is 0 Å². The van der Waals surface area contributed by atoms with Crippen LogP contribution in [0, 0.1) is 0 Å². The van der Waals surface area contributed by atoms with Crippen LogP contribution in [0.1, 0.15) is 5.01 Å². The Hall–Kier alpha value is -0.540. The monoisotopic (exact) mass is 196 g/mol. The van der Waals surface area contributed by atoms with E-state index in [0.717, 1.165) is 5.75 Å². The molecular formula is C9H10NS2+. The summed E-state index contributed by atoms with van der Waals surface area (Å²) in [6.45, 7) is 0. The Labute approximate surface area is 81.1 Å². The van der Waals surface area contributed by atoms with Gasteiger partial charge in [0.1, 0.15) is 11.7 Å². The zero-order valence-corrected chi connectivity index (χ0v) is 8.53. The van der Waals surface area contributed by atoms with Gasteiger partial charge in [-0.15, -0.1) is 0 Å². The number of benzene rings is 1. The Bertz CT molecular complexity index is 406. The maximum Gasteiger partial charge on any atom is 0.247 e. The SMILES string of the molecule is C[n+]1c(CS)sc2ccccc21. The Morgan fingerprint density at radius 3 is 2.83 bits per heavy atom. The fraction of sp³-hybridized carbons (Fsp3) is 0.222. The molecule has 2 aromatic rings. The summed E-state index contributed by atoms with van der Waals surface area (Å²) in [5.41, 5.74) is 1.30. The largest absolute Gasteiger partial charge is 0.247 e. The second-order valence-corrected chi connectivity index (χ2v) is 4.11. The zero-order chi connectivity index (χ0) is 8.55. The molecule has 1 aromatic heterocycles. The normalized spacial score (nSPS) is 10.8. The van der Waals surface area contributed by atoms with Gasteiger partial charge in [0.15, 0.2) is 0 Å². The Morgan fingerprint density at radius 2 is 2.17 bits per heavy atom. The number of fused-ring (bicyclic) bond motifs is 1. The molecule has 12 heavy (non-hydrogen) atoms. The Kier molecular flexibility index (Phi) is 2.07. The number of hydrogen-bond acceptors (Lipinski definition) is 2. The fourth-order valence-electron chi connectivity index (χ4n) is 1.29. The zero-order valence-electron chi connectivity index (χ0n) is 6.82. The van der Waals surface area contributed by atoms with Gasteiger partial charge in [0, 0.05) is 6.07 Å². The molecule has 3 heteroatoms. The number of thiol groups is 1. The van der Waals surface area contributed by atoms with Crippen LogP contribution in [0.25, 0.3) is 10.2 Å². The first-order valence-electron chi connectivity index (χ1n) is 3.80. The van der Waals surface area contributed by atoms with Gasteiger partial charge in [0.25, 0.3) is 0 Å². The van der Waals surface area contributed by atoms with Crippen LogP contribution in [0.4, 0.5) is 0 Å². The summed E-state index contributed by atoms with van der Waals surface area (Å²) in [4.78, 5) is 0. The molecule has 0 spiro atoms. The fourth-order valence-corrected chi connectivity index (χ4v) is 2.70. The molecule has 0 fully saturated rings. The van der Waals surface area contributed by atoms with Crippen molar-refractivity contribution in [2.45, 2.75) is 5.75 Å². The molecule has 0 radical (unpaired) electrons. The van der Waals surface area contributed by atoms with Crippen molar-refractivity contribution in [1.29, 1.82) is 0 Å². The van der Waals surface area contributed by atoms with Crippen molar-refractivity contribution in [3.05, 3.63) is 29.3 Å². The predicted molar refractivity (Wildman–Crippen MR) is 55.7 cm³/mol. The van der Waals surface area contributed by atoms with Crippen LogP contribution >= 0.6 is 24.0 Å². The second-order valence-electron chi connectivity index (χ2n) is 2.68. The van der Waals surface area contributed by atoms with Crippen LogP contribution in [0.5, 0.6) is 0 Å². The van der Waals surface area contributed by atoms with Crippen molar-refractivity contribution in [1.82, 2.24) is 0 Å². The van der Waals surface area contributed by atoms with Crippen LogP contribution in [-0.2, 0) is 12.8 Å². The van der Waals surface area contributed by atoms with Gasteiger partial charge in [0.05, 0.1) is 5.75 Å². The van der Waals surface area contributed by atoms with Crippen LogP contribution in [-0.4, -0.2) is 0 Å². The highest BCUT2D eigenvalue weighted by Gasteiger charge is 2.13. The second kappa shape index (κ2) is 3.07. The molecule has 0 aliphatic rings. The minimum Gasteiger partial charge on any atom is -0.188 e. The van der Waals surface area contributed by atoms with Crippen molar-refractivity contribution in [2.75, 3.05) is 0 Å². The number of para-hydroxylation sites is 1. The van der Waals surface area contributed by atoms with E-state index in [2.05, 4.69) is 48.5 Å². The molecule has 2 rings (SSSR count). The molecule has 0 saturated heterocycles. The molecule has 62 valence electrons. The third-order valence-electron chi connectivity index (χ3n) is 1.96. The lowest BCUT2D eigenvalue weighted by Crippen LogP contribution is -2.29. The molecule has 0 unspecified atom stereocenters. The van der Waals surface area contributed by atoms with Crippen LogP contribution in [0.3, 0.4) is 0 Å². The van der Waals surface area contributed by atoms with E-state index in [4.69, 9.17) is 0 Å². The summed E-state index contributed by atoms with van der Waals surface area (Å²) in [6, 6.07) is 8.42. The van der Waals surface area contributed by atoms with Crippen molar-refractivity contribution in [3.63, 3.8) is 0 Å². The van der Waals surface area contributed by atoms with E-state index in [9.17, 15) is 0 Å². The molecular weight excluding hydrogens is 186 g/mol. The quantitative estimate of drug-likeness (QED) is 0.526. The van der Waals surface area contributed by atoms with Gasteiger partial charge in [-0.3, -0.25) is 0 Å². The summed E-state index contributed by atoms with van der Waals surface area (Å²) >= 11 is 6.09. The summed E-state index contributed by atoms with van der Waals surface area (Å²) in [6.07, 6.45) is 0. The van der Waals surface area contributed by atoms with Crippen molar-refractivity contribution in [2.24, 2.45) is 7.05 Å². The average Bonchev–Trinajstić information content (AvgIpc) is 2.44. The van der Waals surface area contributed by atoms with Crippen LogP contribution in [0.15, 0.2) is 24.3 Å². The number of thiazole rings is 1. The lowest BCUT2D eigenvalue weighted by Gasteiger charge is -1.85. The van der Waals surface area contributed by atoms with Gasteiger partial charge in [-0.2, -0.15) is 17.2 Å². The smallest absolute Gasteiger partial charge is 0.188 e. The average molecular weight is 196 g/mol. The van der Waals surface area contributed by atoms with Crippen molar-refractivity contribution >= 4 is 34.2 Å². The molecule has 1 nitrogen and oxygen atoms in total. The van der Waals surface area contributed by atoms with E-state index in [1.807, 2.05) is 11.3 Å². The first-order valence-corrected chi connectivity index (χ1v) is 5.25. The molecule has 0 aliphatic heterocycles. The van der Waals surface area contributed by atoms with Gasteiger partial charge in [-0.25, -0.2) is 0 Å². The minimum absolute atomic E-state index is 0.815. The molecule has 0 aliphatic carbocycles. The lowest BCUT2D eigenvalue weighted by molar-refractivity contribution is -0.647. The van der Waals surface area contributed by atoms with Gasteiger partial charge < -0.3 is 0 Å². The number of aryl methyl sites for hydroxylation is 1. The Balaban J connectivity index is 2.78. The maximum absolute atomic E-state index is 4.28. The van der Waals surface area contributed by atoms with Gasteiger partial charge in [0.2, 0.25) is 10.5 Å². The topological polar surface area (TPSA) is 3.88 Å². The van der Waals surface area contributed by atoms with Crippen LogP contribution in [0.2, 0.25) is 0 Å². The lowest BCUT2D eigenvalue weighted by atomic mass is 10.3. The summed E-state index contributed by atoms with van der Waals surface area (Å²) in [7, 11) is 2.09. The van der Waals surface area contributed by atoms with Gasteiger partial charge in [-0.05, 0) is 6.07 Å². The van der Waals surface area contributed by atoms with Gasteiger partial charge in [-0.1, -0.05) is 23.5 Å². The van der Waals surface area contributed by atoms with Crippen molar-refractivity contribution in [3.8, 4) is 0 Å². The minimum atomic E-state index is 0.815. The molecule has 1 aromatic carbocycles. The van der Waals surface area contributed by atoms with E-state index in [-0.39, 0.29) is 0 Å². The molecule has 0 bridgehead atoms. The van der Waals surface area contributed by atoms with E-state index in [1.165, 1.54) is 15.2 Å². The molecule has 0 atom stereocenters. The maximum atomic E-state index is 4.28. The number of nitrogens with zero attached hydrogens (tertiary/aromatic N) is 1. The highest BCUT2D eigenvalue weighted by molar-refractivity contribution is 7.79. The standard InChI is InChI=1S/C9H9NS2/c1-10-7-4-2-3-5-8(7)12-9(10)6-11/h2-5H,6H2,1H3/p+1. The Morgan fingerprint density at radius 1 is 1.42 bits per heavy atom. The molecule has 0 saturated carbocycles. The molecule has 1 heterocycles. The predicted octanol–water partition coefficient (Wildman–Crippen LogP) is 2.16. The highest BCUT2D eigenvalue weighted by Crippen LogP contribution is 2.20. The number of aromatic nitrogens is 1.